The molecular weight excluding hydrogens is 292 g/mol. The Morgan fingerprint density at radius 3 is 2.48 bits per heavy atom. The number of hydrogen-bond donors (Lipinski definition) is 3. The predicted molar refractivity (Wildman–Crippen MR) is 78.2 cm³/mol. The molecule has 1 aromatic heterocycles. The van der Waals surface area contributed by atoms with Gasteiger partial charge in [-0.25, -0.2) is 13.6 Å². The molecule has 2 rings (SSSR count). The van der Waals surface area contributed by atoms with Crippen LogP contribution in [0.1, 0.15) is 55.7 Å². The van der Waals surface area contributed by atoms with Crippen LogP contribution in [0.15, 0.2) is 4.90 Å². The summed E-state index contributed by atoms with van der Waals surface area (Å²) >= 11 is 0. The number of carbonyl (C=O) groups is 1. The van der Waals surface area contributed by atoms with Gasteiger partial charge in [-0.15, -0.1) is 0 Å². The van der Waals surface area contributed by atoms with Gasteiger partial charge >= 0.3 is 0 Å². The molecule has 118 valence electrons. The lowest BCUT2D eigenvalue weighted by molar-refractivity contribution is 0.0900. The van der Waals surface area contributed by atoms with E-state index in [1.165, 1.54) is 6.92 Å². The van der Waals surface area contributed by atoms with Crippen LogP contribution in [0.2, 0.25) is 0 Å². The first kappa shape index (κ1) is 16.0. The van der Waals surface area contributed by atoms with Gasteiger partial charge in [0.2, 0.25) is 10.0 Å². The zero-order chi connectivity index (χ0) is 15.8. The number of nitrogens with one attached hydrogen (secondary N) is 2. The Bertz CT molecular complexity index is 638. The van der Waals surface area contributed by atoms with Crippen molar-refractivity contribution in [2.24, 2.45) is 10.6 Å². The maximum Gasteiger partial charge on any atom is 0.273 e. The summed E-state index contributed by atoms with van der Waals surface area (Å²) in [6.07, 6.45) is 3.82. The smallest absolute Gasteiger partial charge is 0.273 e. The number of nitrogens with two attached hydrogens (primary N) is 1. The van der Waals surface area contributed by atoms with E-state index in [4.69, 9.17) is 5.14 Å². The molecule has 0 spiro atoms. The van der Waals surface area contributed by atoms with Crippen molar-refractivity contribution >= 4 is 15.9 Å². The van der Waals surface area contributed by atoms with Crippen molar-refractivity contribution < 1.29 is 13.2 Å². The molecule has 1 heterocycles. The molecule has 0 aromatic carbocycles. The fourth-order valence-electron chi connectivity index (χ4n) is 2.72. The molecule has 1 amide bonds. The third-order valence-corrected chi connectivity index (χ3v) is 5.13. The lowest BCUT2D eigenvalue weighted by Gasteiger charge is -2.34. The number of aromatic nitrogens is 2. The second-order valence-corrected chi connectivity index (χ2v) is 7.98. The third-order valence-electron chi connectivity index (χ3n) is 4.07. The minimum atomic E-state index is -3.98. The number of aromatic amines is 1. The maximum atomic E-state index is 12.2. The molecule has 8 heteroatoms. The summed E-state index contributed by atoms with van der Waals surface area (Å²) in [7, 11) is -3.98. The Balaban J connectivity index is 2.12. The number of amides is 1. The molecule has 0 saturated heterocycles. The van der Waals surface area contributed by atoms with Crippen molar-refractivity contribution in [3.8, 4) is 0 Å². The molecule has 0 bridgehead atoms. The lowest BCUT2D eigenvalue weighted by Crippen LogP contribution is -2.40. The number of sulfonamides is 1. The first-order valence-corrected chi connectivity index (χ1v) is 8.53. The van der Waals surface area contributed by atoms with E-state index in [2.05, 4.69) is 29.4 Å². The standard InChI is InChI=1S/C13H22N4O3S/c1-8-11(21(14,19)20)10(17-16-8)12(18)15-9-4-6-13(2,3)7-5-9/h9H,4-7H2,1-3H3,(H,15,18)(H,16,17)(H2,14,19,20). The SMILES string of the molecule is Cc1[nH]nc(C(=O)NC2CCC(C)(C)CC2)c1S(N)(=O)=O. The Hall–Kier alpha value is -1.41. The van der Waals surface area contributed by atoms with E-state index in [0.29, 0.717) is 5.41 Å². The molecule has 1 fully saturated rings. The number of H-pyrrole nitrogens is 1. The fourth-order valence-corrected chi connectivity index (χ4v) is 3.60. The Morgan fingerprint density at radius 2 is 1.95 bits per heavy atom. The van der Waals surface area contributed by atoms with Gasteiger partial charge in [0.15, 0.2) is 5.69 Å². The number of rotatable bonds is 3. The minimum absolute atomic E-state index is 0.0517. The van der Waals surface area contributed by atoms with E-state index in [-0.39, 0.29) is 22.3 Å². The first-order chi connectivity index (χ1) is 9.60. The average molecular weight is 314 g/mol. The largest absolute Gasteiger partial charge is 0.348 e. The van der Waals surface area contributed by atoms with Gasteiger partial charge in [-0.2, -0.15) is 5.10 Å². The monoisotopic (exact) mass is 314 g/mol. The van der Waals surface area contributed by atoms with Gasteiger partial charge in [0.05, 0.1) is 5.69 Å². The van der Waals surface area contributed by atoms with Crippen LogP contribution in [0.4, 0.5) is 0 Å². The van der Waals surface area contributed by atoms with Crippen molar-refractivity contribution in [1.29, 1.82) is 0 Å². The third kappa shape index (κ3) is 3.62. The summed E-state index contributed by atoms with van der Waals surface area (Å²) in [5, 5.41) is 14.3. The fraction of sp³-hybridized carbons (Fsp3) is 0.692. The van der Waals surface area contributed by atoms with Gasteiger partial charge < -0.3 is 5.32 Å². The molecule has 7 nitrogen and oxygen atoms in total. The quantitative estimate of drug-likeness (QED) is 0.773. The number of nitrogens with zero attached hydrogens (tertiary/aromatic N) is 1. The van der Waals surface area contributed by atoms with Crippen LogP contribution in [0.25, 0.3) is 0 Å². The molecule has 0 aliphatic heterocycles. The second kappa shape index (κ2) is 5.42. The van der Waals surface area contributed by atoms with Crippen LogP contribution in [0.3, 0.4) is 0 Å². The van der Waals surface area contributed by atoms with Crippen molar-refractivity contribution in [2.45, 2.75) is 57.4 Å². The zero-order valence-corrected chi connectivity index (χ0v) is 13.4. The van der Waals surface area contributed by atoms with Gasteiger partial charge in [0.25, 0.3) is 5.91 Å². The van der Waals surface area contributed by atoms with E-state index >= 15 is 0 Å². The average Bonchev–Trinajstić information content (AvgIpc) is 2.74. The van der Waals surface area contributed by atoms with E-state index in [0.717, 1.165) is 25.7 Å². The van der Waals surface area contributed by atoms with E-state index < -0.39 is 15.9 Å². The maximum absolute atomic E-state index is 12.2. The van der Waals surface area contributed by atoms with E-state index in [1.807, 2.05) is 0 Å². The lowest BCUT2D eigenvalue weighted by atomic mass is 9.75. The van der Waals surface area contributed by atoms with Gasteiger partial charge in [-0.1, -0.05) is 13.8 Å². The van der Waals surface area contributed by atoms with Gasteiger partial charge in [0, 0.05) is 6.04 Å². The molecule has 0 atom stereocenters. The molecule has 0 radical (unpaired) electrons. The first-order valence-electron chi connectivity index (χ1n) is 6.99. The van der Waals surface area contributed by atoms with Crippen molar-refractivity contribution in [1.82, 2.24) is 15.5 Å². The molecule has 1 aliphatic rings. The molecule has 4 N–H and O–H groups in total. The molecule has 21 heavy (non-hydrogen) atoms. The van der Waals surface area contributed by atoms with Crippen LogP contribution in [0, 0.1) is 12.3 Å². The van der Waals surface area contributed by atoms with Crippen molar-refractivity contribution in [3.63, 3.8) is 0 Å². The zero-order valence-electron chi connectivity index (χ0n) is 12.6. The molecule has 1 aliphatic carbocycles. The van der Waals surface area contributed by atoms with Crippen LogP contribution >= 0.6 is 0 Å². The summed E-state index contributed by atoms with van der Waals surface area (Å²) in [4.78, 5) is 12.0. The molecule has 0 unspecified atom stereocenters. The van der Waals surface area contributed by atoms with Crippen LogP contribution in [0.5, 0.6) is 0 Å². The Labute approximate surface area is 124 Å². The van der Waals surface area contributed by atoms with Gasteiger partial charge in [-0.3, -0.25) is 9.89 Å². The summed E-state index contributed by atoms with van der Waals surface area (Å²) in [6.45, 7) is 5.94. The highest BCUT2D eigenvalue weighted by molar-refractivity contribution is 7.89. The number of carbonyl (C=O) groups excluding carboxylic acids is 1. The van der Waals surface area contributed by atoms with Crippen molar-refractivity contribution in [3.05, 3.63) is 11.4 Å². The summed E-state index contributed by atoms with van der Waals surface area (Å²) < 4.78 is 23.1. The minimum Gasteiger partial charge on any atom is -0.348 e. The Kier molecular flexibility index (Phi) is 4.12. The van der Waals surface area contributed by atoms with Crippen LogP contribution in [-0.2, 0) is 10.0 Å². The van der Waals surface area contributed by atoms with Crippen LogP contribution in [-0.4, -0.2) is 30.6 Å². The topological polar surface area (TPSA) is 118 Å². The number of primary sulfonamides is 1. The van der Waals surface area contributed by atoms with Gasteiger partial charge in [-0.05, 0) is 38.0 Å². The molecule has 1 aromatic rings. The highest BCUT2D eigenvalue weighted by atomic mass is 32.2. The summed E-state index contributed by atoms with van der Waals surface area (Å²) in [6, 6.07) is 0.0517. The Morgan fingerprint density at radius 1 is 1.38 bits per heavy atom. The van der Waals surface area contributed by atoms with E-state index in [9.17, 15) is 13.2 Å². The van der Waals surface area contributed by atoms with Crippen molar-refractivity contribution in [2.75, 3.05) is 0 Å². The van der Waals surface area contributed by atoms with Crippen LogP contribution < -0.4 is 10.5 Å². The number of hydrogen-bond acceptors (Lipinski definition) is 4. The predicted octanol–water partition coefficient (Wildman–Crippen LogP) is 1.06. The second-order valence-electron chi connectivity index (χ2n) is 6.48. The number of aryl methyl sites for hydroxylation is 1. The highest BCUT2D eigenvalue weighted by Crippen LogP contribution is 2.35. The van der Waals surface area contributed by atoms with Gasteiger partial charge in [0.1, 0.15) is 4.90 Å². The molecular formula is C13H22N4O3S. The summed E-state index contributed by atoms with van der Waals surface area (Å²) in [5.74, 6) is -0.493. The molecule has 1 saturated carbocycles. The summed E-state index contributed by atoms with van der Waals surface area (Å²) in [5.41, 5.74) is 0.419. The normalized spacial score (nSPS) is 19.4. The highest BCUT2D eigenvalue weighted by Gasteiger charge is 2.30. The van der Waals surface area contributed by atoms with E-state index in [1.54, 1.807) is 0 Å².